The van der Waals surface area contributed by atoms with Gasteiger partial charge in [-0.15, -0.1) is 10.2 Å². The molecule has 0 aliphatic carbocycles. The van der Waals surface area contributed by atoms with Crippen LogP contribution in [-0.2, 0) is 0 Å². The van der Waals surface area contributed by atoms with Crippen molar-refractivity contribution in [3.63, 3.8) is 0 Å². The van der Waals surface area contributed by atoms with Crippen LogP contribution < -0.4 is 10.5 Å². The van der Waals surface area contributed by atoms with Crippen molar-refractivity contribution in [2.75, 3.05) is 12.8 Å². The quantitative estimate of drug-likeness (QED) is 0.729. The van der Waals surface area contributed by atoms with E-state index < -0.39 is 0 Å². The summed E-state index contributed by atoms with van der Waals surface area (Å²) in [5, 5.41) is 9.30. The van der Waals surface area contributed by atoms with Crippen LogP contribution in [-0.4, -0.2) is 17.3 Å². The first-order valence-electron chi connectivity index (χ1n) is 3.98. The van der Waals surface area contributed by atoms with Crippen LogP contribution in [0.5, 0.6) is 5.88 Å². The first kappa shape index (κ1) is 9.02. The molecule has 2 aromatic rings. The Hall–Kier alpha value is -1.55. The number of hydrogen-bond donors (Lipinski definition) is 1. The highest BCUT2D eigenvalue weighted by Gasteiger charge is 2.09. The van der Waals surface area contributed by atoms with E-state index in [1.165, 1.54) is 7.11 Å². The third-order valence-corrected chi connectivity index (χ3v) is 2.22. The molecular formula is C9H8ClN3O. The molecule has 0 unspecified atom stereocenters. The monoisotopic (exact) mass is 209 g/mol. The summed E-state index contributed by atoms with van der Waals surface area (Å²) in [5.41, 5.74) is 6.34. The molecule has 5 heteroatoms. The Bertz CT molecular complexity index is 478. The molecule has 2 rings (SSSR count). The molecule has 2 N–H and O–H groups in total. The molecule has 0 bridgehead atoms. The minimum absolute atomic E-state index is 0.291. The molecule has 0 radical (unpaired) electrons. The van der Waals surface area contributed by atoms with Crippen molar-refractivity contribution in [3.05, 3.63) is 23.4 Å². The van der Waals surface area contributed by atoms with E-state index >= 15 is 0 Å². The summed E-state index contributed by atoms with van der Waals surface area (Å²) in [7, 11) is 1.53. The van der Waals surface area contributed by atoms with Gasteiger partial charge in [0.2, 0.25) is 5.88 Å². The highest BCUT2D eigenvalue weighted by molar-refractivity contribution is 6.35. The number of ether oxygens (including phenoxy) is 1. The molecule has 0 spiro atoms. The van der Waals surface area contributed by atoms with Gasteiger partial charge in [-0.05, 0) is 12.1 Å². The molecule has 1 heterocycles. The molecule has 0 amide bonds. The van der Waals surface area contributed by atoms with Gasteiger partial charge in [-0.25, -0.2) is 0 Å². The van der Waals surface area contributed by atoms with Gasteiger partial charge in [0, 0.05) is 11.1 Å². The van der Waals surface area contributed by atoms with E-state index in [4.69, 9.17) is 22.1 Å². The highest BCUT2D eigenvalue weighted by Crippen LogP contribution is 2.31. The predicted octanol–water partition coefficient (Wildman–Crippen LogP) is 1.87. The number of benzene rings is 1. The maximum Gasteiger partial charge on any atom is 0.241 e. The lowest BCUT2D eigenvalue weighted by atomic mass is 10.1. The topological polar surface area (TPSA) is 61.0 Å². The number of methoxy groups -OCH3 is 1. The van der Waals surface area contributed by atoms with Gasteiger partial charge in [0.25, 0.3) is 0 Å². The average Bonchev–Trinajstić information content (AvgIpc) is 2.18. The van der Waals surface area contributed by atoms with Crippen LogP contribution in [0.3, 0.4) is 0 Å². The Morgan fingerprint density at radius 1 is 1.36 bits per heavy atom. The van der Waals surface area contributed by atoms with Crippen LogP contribution in [0, 0.1) is 0 Å². The number of nitrogen functional groups attached to an aromatic ring is 1. The molecule has 0 atom stereocenters. The van der Waals surface area contributed by atoms with Gasteiger partial charge in [0.05, 0.1) is 12.5 Å². The zero-order valence-corrected chi connectivity index (χ0v) is 8.25. The fraction of sp³-hybridized carbons (Fsp3) is 0.111. The van der Waals surface area contributed by atoms with E-state index in [1.807, 2.05) is 12.1 Å². The highest BCUT2D eigenvalue weighted by atomic mass is 35.5. The van der Waals surface area contributed by atoms with E-state index in [1.54, 1.807) is 6.07 Å². The van der Waals surface area contributed by atoms with Gasteiger partial charge in [0.1, 0.15) is 0 Å². The molecule has 0 aliphatic heterocycles. The minimum atomic E-state index is 0.291. The third kappa shape index (κ3) is 1.24. The second-order valence-electron chi connectivity index (χ2n) is 2.77. The molecule has 0 saturated heterocycles. The number of fused-ring (bicyclic) bond motifs is 1. The number of anilines is 1. The van der Waals surface area contributed by atoms with E-state index in [-0.39, 0.29) is 0 Å². The van der Waals surface area contributed by atoms with Crippen molar-refractivity contribution in [2.24, 2.45) is 0 Å². The normalized spacial score (nSPS) is 10.4. The van der Waals surface area contributed by atoms with Gasteiger partial charge in [-0.3, -0.25) is 0 Å². The maximum atomic E-state index is 5.88. The van der Waals surface area contributed by atoms with Crippen molar-refractivity contribution >= 4 is 28.1 Å². The van der Waals surface area contributed by atoms with E-state index in [2.05, 4.69) is 10.2 Å². The molecule has 72 valence electrons. The summed E-state index contributed by atoms with van der Waals surface area (Å²) in [6.07, 6.45) is 0. The second kappa shape index (κ2) is 3.31. The zero-order valence-electron chi connectivity index (χ0n) is 7.49. The molecular weight excluding hydrogens is 202 g/mol. The molecule has 14 heavy (non-hydrogen) atoms. The Morgan fingerprint density at radius 3 is 2.86 bits per heavy atom. The number of rotatable bonds is 1. The van der Waals surface area contributed by atoms with Crippen molar-refractivity contribution in [2.45, 2.75) is 0 Å². The third-order valence-electron chi connectivity index (χ3n) is 1.96. The SMILES string of the molecule is COc1nnc(Cl)c2c(N)cccc12. The van der Waals surface area contributed by atoms with Crippen LogP contribution in [0.2, 0.25) is 5.15 Å². The van der Waals surface area contributed by atoms with Crippen molar-refractivity contribution in [1.82, 2.24) is 10.2 Å². The fourth-order valence-corrected chi connectivity index (χ4v) is 1.57. The van der Waals surface area contributed by atoms with E-state index in [0.29, 0.717) is 22.1 Å². The Kier molecular flexibility index (Phi) is 2.13. The van der Waals surface area contributed by atoms with Gasteiger partial charge >= 0.3 is 0 Å². The molecule has 0 aliphatic rings. The van der Waals surface area contributed by atoms with Crippen LogP contribution >= 0.6 is 11.6 Å². The first-order valence-corrected chi connectivity index (χ1v) is 4.36. The van der Waals surface area contributed by atoms with Crippen molar-refractivity contribution in [3.8, 4) is 5.88 Å². The number of hydrogen-bond acceptors (Lipinski definition) is 4. The average molecular weight is 210 g/mol. The van der Waals surface area contributed by atoms with Crippen molar-refractivity contribution in [1.29, 1.82) is 0 Å². The zero-order chi connectivity index (χ0) is 10.1. The van der Waals surface area contributed by atoms with Gasteiger partial charge in [-0.1, -0.05) is 17.7 Å². The fourth-order valence-electron chi connectivity index (χ4n) is 1.32. The molecule has 1 aromatic carbocycles. The minimum Gasteiger partial charge on any atom is -0.479 e. The lowest BCUT2D eigenvalue weighted by molar-refractivity contribution is 0.398. The van der Waals surface area contributed by atoms with Crippen LogP contribution in [0.15, 0.2) is 18.2 Å². The van der Waals surface area contributed by atoms with Gasteiger partial charge in [-0.2, -0.15) is 0 Å². The number of aromatic nitrogens is 2. The van der Waals surface area contributed by atoms with Gasteiger partial charge in [0.15, 0.2) is 5.15 Å². The summed E-state index contributed by atoms with van der Waals surface area (Å²) < 4.78 is 5.05. The largest absolute Gasteiger partial charge is 0.479 e. The van der Waals surface area contributed by atoms with Crippen LogP contribution in [0.25, 0.3) is 10.8 Å². The van der Waals surface area contributed by atoms with E-state index in [0.717, 1.165) is 5.39 Å². The molecule has 0 saturated carbocycles. The lowest BCUT2D eigenvalue weighted by Gasteiger charge is -2.05. The number of nitrogens with two attached hydrogens (primary N) is 1. The number of halogens is 1. The molecule has 1 aromatic heterocycles. The summed E-state index contributed by atoms with van der Waals surface area (Å²) in [5.74, 6) is 0.428. The summed E-state index contributed by atoms with van der Waals surface area (Å²) in [6.45, 7) is 0. The summed E-state index contributed by atoms with van der Waals surface area (Å²) in [6, 6.07) is 5.42. The van der Waals surface area contributed by atoms with Gasteiger partial charge < -0.3 is 10.5 Å². The molecule has 4 nitrogen and oxygen atoms in total. The lowest BCUT2D eigenvalue weighted by Crippen LogP contribution is -1.95. The number of nitrogens with zero attached hydrogens (tertiary/aromatic N) is 2. The van der Waals surface area contributed by atoms with Crippen LogP contribution in [0.4, 0.5) is 5.69 Å². The Balaban J connectivity index is 2.91. The Morgan fingerprint density at radius 2 is 2.14 bits per heavy atom. The van der Waals surface area contributed by atoms with Crippen LogP contribution in [0.1, 0.15) is 0 Å². The second-order valence-corrected chi connectivity index (χ2v) is 3.13. The first-order chi connectivity index (χ1) is 6.74. The van der Waals surface area contributed by atoms with Crippen molar-refractivity contribution < 1.29 is 4.74 Å². The maximum absolute atomic E-state index is 5.88. The molecule has 0 fully saturated rings. The predicted molar refractivity (Wildman–Crippen MR) is 55.5 cm³/mol. The summed E-state index contributed by atoms with van der Waals surface area (Å²) >= 11 is 5.88. The summed E-state index contributed by atoms with van der Waals surface area (Å²) in [4.78, 5) is 0. The Labute approximate surface area is 85.6 Å². The standard InChI is InChI=1S/C9H8ClN3O/c1-14-9-5-3-2-4-6(11)7(5)8(10)12-13-9/h2-4H,11H2,1H3. The van der Waals surface area contributed by atoms with E-state index in [9.17, 15) is 0 Å². The smallest absolute Gasteiger partial charge is 0.241 e.